The fraction of sp³-hybridized carbons (Fsp3) is 0.765. The van der Waals surface area contributed by atoms with Crippen LogP contribution in [-0.2, 0) is 10.8 Å². The van der Waals surface area contributed by atoms with E-state index in [0.29, 0.717) is 17.4 Å². The smallest absolute Gasteiger partial charge is 0.0914 e. The van der Waals surface area contributed by atoms with Gasteiger partial charge in [-0.15, -0.1) is 11.3 Å². The van der Waals surface area contributed by atoms with Gasteiger partial charge in [0.15, 0.2) is 0 Å². The molecule has 2 rings (SSSR count). The summed E-state index contributed by atoms with van der Waals surface area (Å²) >= 11 is 1.63. The van der Waals surface area contributed by atoms with Gasteiger partial charge >= 0.3 is 0 Å². The van der Waals surface area contributed by atoms with Crippen molar-refractivity contribution in [1.29, 1.82) is 0 Å². The molecule has 0 radical (unpaired) electrons. The first kappa shape index (κ1) is 17.2. The van der Waals surface area contributed by atoms with E-state index in [9.17, 15) is 4.21 Å². The van der Waals surface area contributed by atoms with E-state index in [0.717, 1.165) is 23.6 Å². The zero-order valence-corrected chi connectivity index (χ0v) is 15.4. The molecule has 0 saturated heterocycles. The Labute approximate surface area is 136 Å². The Bertz CT molecular complexity index is 455. The van der Waals surface area contributed by atoms with Crippen LogP contribution in [0.1, 0.15) is 53.4 Å². The van der Waals surface area contributed by atoms with Crippen molar-refractivity contribution in [2.24, 2.45) is 11.3 Å². The highest BCUT2D eigenvalue weighted by Gasteiger charge is 2.39. The van der Waals surface area contributed by atoms with Crippen molar-refractivity contribution in [1.82, 2.24) is 5.32 Å². The lowest BCUT2D eigenvalue weighted by molar-refractivity contribution is 0.140. The quantitative estimate of drug-likeness (QED) is 0.837. The second-order valence-corrected chi connectivity index (χ2v) is 9.63. The van der Waals surface area contributed by atoms with Gasteiger partial charge in [-0.3, -0.25) is 4.21 Å². The van der Waals surface area contributed by atoms with Crippen molar-refractivity contribution in [3.63, 3.8) is 0 Å². The zero-order chi connectivity index (χ0) is 15.5. The van der Waals surface area contributed by atoms with Crippen LogP contribution in [0.2, 0.25) is 0 Å². The molecule has 0 bridgehead atoms. The zero-order valence-electron chi connectivity index (χ0n) is 13.7. The highest BCUT2D eigenvalue weighted by molar-refractivity contribution is 7.88. The van der Waals surface area contributed by atoms with E-state index in [1.54, 1.807) is 11.3 Å². The summed E-state index contributed by atoms with van der Waals surface area (Å²) in [6.45, 7) is 10.1. The molecular formula is C17H29NOS2. The molecule has 1 aromatic rings. The summed E-state index contributed by atoms with van der Waals surface area (Å²) < 4.78 is 14.0. The fourth-order valence-corrected chi connectivity index (χ4v) is 6.20. The van der Waals surface area contributed by atoms with Crippen LogP contribution in [0.3, 0.4) is 0 Å². The monoisotopic (exact) mass is 327 g/mol. The number of hydrogen-bond acceptors (Lipinski definition) is 3. The van der Waals surface area contributed by atoms with Crippen LogP contribution < -0.4 is 5.32 Å². The average molecular weight is 328 g/mol. The summed E-state index contributed by atoms with van der Waals surface area (Å²) in [5.74, 6) is 0.686. The molecule has 1 fully saturated rings. The van der Waals surface area contributed by atoms with E-state index >= 15 is 0 Å². The van der Waals surface area contributed by atoms with Gasteiger partial charge in [0.1, 0.15) is 0 Å². The Morgan fingerprint density at radius 2 is 2.14 bits per heavy atom. The Balaban J connectivity index is 2.17. The highest BCUT2D eigenvalue weighted by atomic mass is 32.2. The Morgan fingerprint density at radius 3 is 2.71 bits per heavy atom. The maximum atomic E-state index is 13.0. The lowest BCUT2D eigenvalue weighted by Gasteiger charge is -2.42. The van der Waals surface area contributed by atoms with Crippen LogP contribution in [0.4, 0.5) is 0 Å². The minimum Gasteiger partial charge on any atom is -0.313 e. The molecule has 1 aliphatic carbocycles. The van der Waals surface area contributed by atoms with Crippen molar-refractivity contribution in [3.05, 3.63) is 17.5 Å². The fourth-order valence-electron chi connectivity index (χ4n) is 3.39. The van der Waals surface area contributed by atoms with Crippen molar-refractivity contribution in [2.45, 2.75) is 68.9 Å². The maximum absolute atomic E-state index is 13.0. The molecule has 1 aliphatic rings. The Morgan fingerprint density at radius 1 is 1.38 bits per heavy atom. The van der Waals surface area contributed by atoms with Crippen LogP contribution in [0.5, 0.6) is 0 Å². The third-order valence-corrected chi connectivity index (χ3v) is 8.29. The van der Waals surface area contributed by atoms with Crippen molar-refractivity contribution >= 4 is 22.1 Å². The molecule has 0 aromatic carbocycles. The minimum absolute atomic E-state index is 0.258. The van der Waals surface area contributed by atoms with Gasteiger partial charge in [0, 0.05) is 6.04 Å². The van der Waals surface area contributed by atoms with Crippen molar-refractivity contribution in [3.8, 4) is 0 Å². The van der Waals surface area contributed by atoms with Gasteiger partial charge in [0.2, 0.25) is 0 Å². The summed E-state index contributed by atoms with van der Waals surface area (Å²) in [5, 5.41) is 5.87. The predicted molar refractivity (Wildman–Crippen MR) is 93.4 cm³/mol. The molecule has 4 heteroatoms. The molecule has 4 atom stereocenters. The summed E-state index contributed by atoms with van der Waals surface area (Å²) in [5.41, 5.74) is 0.356. The molecular weight excluding hydrogens is 298 g/mol. The number of rotatable bonds is 6. The van der Waals surface area contributed by atoms with E-state index in [2.05, 4.69) is 33.0 Å². The molecule has 1 saturated carbocycles. The second kappa shape index (κ2) is 7.38. The van der Waals surface area contributed by atoms with Gasteiger partial charge in [0.25, 0.3) is 0 Å². The van der Waals surface area contributed by atoms with E-state index in [-0.39, 0.29) is 5.25 Å². The molecule has 4 unspecified atom stereocenters. The predicted octanol–water partition coefficient (Wildman–Crippen LogP) is 4.44. The third-order valence-electron chi connectivity index (χ3n) is 5.24. The van der Waals surface area contributed by atoms with Gasteiger partial charge in [0.05, 0.1) is 20.3 Å². The largest absolute Gasteiger partial charge is 0.313 e. The highest BCUT2D eigenvalue weighted by Crippen LogP contribution is 2.42. The van der Waals surface area contributed by atoms with Gasteiger partial charge in [-0.2, -0.15) is 0 Å². The molecule has 21 heavy (non-hydrogen) atoms. The molecule has 1 aromatic heterocycles. The number of thiophene rings is 1. The minimum atomic E-state index is -0.872. The van der Waals surface area contributed by atoms with Gasteiger partial charge < -0.3 is 5.32 Å². The van der Waals surface area contributed by atoms with Crippen molar-refractivity contribution in [2.75, 3.05) is 6.54 Å². The van der Waals surface area contributed by atoms with Crippen LogP contribution in [-0.4, -0.2) is 22.0 Å². The molecule has 120 valence electrons. The molecule has 2 nitrogen and oxygen atoms in total. The average Bonchev–Trinajstić information content (AvgIpc) is 3.01. The second-order valence-electron chi connectivity index (χ2n) is 6.78. The SMILES string of the molecule is CCNC1CCC(C(C)(C)CC)CC1S(=O)c1cccs1. The molecule has 0 spiro atoms. The first-order valence-electron chi connectivity index (χ1n) is 8.17. The lowest BCUT2D eigenvalue weighted by Crippen LogP contribution is -2.48. The van der Waals surface area contributed by atoms with Gasteiger partial charge in [-0.05, 0) is 48.6 Å². The summed E-state index contributed by atoms with van der Waals surface area (Å²) in [4.78, 5) is 0. The van der Waals surface area contributed by atoms with E-state index in [4.69, 9.17) is 0 Å². The van der Waals surface area contributed by atoms with E-state index in [1.807, 2.05) is 17.5 Å². The van der Waals surface area contributed by atoms with E-state index < -0.39 is 10.8 Å². The van der Waals surface area contributed by atoms with Crippen LogP contribution in [0.15, 0.2) is 21.7 Å². The Kier molecular flexibility index (Phi) is 6.04. The number of nitrogens with one attached hydrogen (secondary N) is 1. The van der Waals surface area contributed by atoms with Crippen LogP contribution >= 0.6 is 11.3 Å². The lowest BCUT2D eigenvalue weighted by atomic mass is 9.68. The van der Waals surface area contributed by atoms with Crippen LogP contribution in [0, 0.1) is 11.3 Å². The number of hydrogen-bond donors (Lipinski definition) is 1. The topological polar surface area (TPSA) is 29.1 Å². The van der Waals surface area contributed by atoms with Crippen LogP contribution in [0.25, 0.3) is 0 Å². The standard InChI is InChI=1S/C17H29NOS2/c1-5-17(3,4)13-9-10-14(18-6-2)15(12-13)21(19)16-8-7-11-20-16/h7-8,11,13-15,18H,5-6,9-10,12H2,1-4H3. The van der Waals surface area contributed by atoms with Crippen molar-refractivity contribution < 1.29 is 4.21 Å². The third kappa shape index (κ3) is 3.96. The van der Waals surface area contributed by atoms with E-state index in [1.165, 1.54) is 12.8 Å². The normalized spacial score (nSPS) is 28.5. The van der Waals surface area contributed by atoms with Gasteiger partial charge in [-0.25, -0.2) is 0 Å². The molecule has 0 aliphatic heterocycles. The summed E-state index contributed by atoms with van der Waals surface area (Å²) in [6.07, 6.45) is 4.70. The molecule has 0 amide bonds. The first-order valence-corrected chi connectivity index (χ1v) is 10.3. The maximum Gasteiger partial charge on any atom is 0.0914 e. The van der Waals surface area contributed by atoms with Gasteiger partial charge in [-0.1, -0.05) is 40.2 Å². The summed E-state index contributed by atoms with van der Waals surface area (Å²) in [6, 6.07) is 4.44. The molecule has 1 heterocycles. The molecule has 1 N–H and O–H groups in total. The Hall–Kier alpha value is -0.190. The first-order chi connectivity index (χ1) is 9.99. The summed E-state index contributed by atoms with van der Waals surface area (Å²) in [7, 11) is -0.872.